The normalized spacial score (nSPS) is 8.40. The largest absolute Gasteiger partial charge is 0.312 e. The average Bonchev–Trinajstić information content (AvgIpc) is 2.39. The Morgan fingerprint density at radius 3 is 2.30 bits per heavy atom. The molecule has 3 nitrogen and oxygen atoms in total. The quantitative estimate of drug-likeness (QED) is 0.583. The van der Waals surface area contributed by atoms with Crippen LogP contribution in [0, 0.1) is 0 Å². The standard InChI is InChI=1S/C4H7N3S.C2H6/c1-7-3-5-6-4(7)8-2;1-2/h3H,1-2H3;1-2H3. The van der Waals surface area contributed by atoms with Crippen LogP contribution >= 0.6 is 11.8 Å². The third-order valence-corrected chi connectivity index (χ3v) is 1.59. The Kier molecular flexibility index (Phi) is 5.02. The summed E-state index contributed by atoms with van der Waals surface area (Å²) >= 11 is 1.59. The van der Waals surface area contributed by atoms with E-state index < -0.39 is 0 Å². The lowest BCUT2D eigenvalue weighted by atomic mass is 11.0. The van der Waals surface area contributed by atoms with Gasteiger partial charge in [0, 0.05) is 7.05 Å². The van der Waals surface area contributed by atoms with Gasteiger partial charge < -0.3 is 4.57 Å². The van der Waals surface area contributed by atoms with Crippen molar-refractivity contribution in [3.05, 3.63) is 6.33 Å². The summed E-state index contributed by atoms with van der Waals surface area (Å²) in [5.74, 6) is 0. The molecule has 0 unspecified atom stereocenters. The second kappa shape index (κ2) is 5.29. The second-order valence-electron chi connectivity index (χ2n) is 1.43. The van der Waals surface area contributed by atoms with Crippen LogP contribution in [0.4, 0.5) is 0 Å². The minimum atomic E-state index is 0.949. The molecule has 0 fully saturated rings. The monoisotopic (exact) mass is 159 g/mol. The van der Waals surface area contributed by atoms with Gasteiger partial charge in [-0.25, -0.2) is 0 Å². The number of hydrogen-bond donors (Lipinski definition) is 0. The van der Waals surface area contributed by atoms with Gasteiger partial charge >= 0.3 is 0 Å². The summed E-state index contributed by atoms with van der Waals surface area (Å²) in [6, 6.07) is 0. The highest BCUT2D eigenvalue weighted by Crippen LogP contribution is 2.06. The molecule has 0 aromatic carbocycles. The van der Waals surface area contributed by atoms with Gasteiger partial charge in [0.2, 0.25) is 0 Å². The first-order chi connectivity index (χ1) is 4.84. The fraction of sp³-hybridized carbons (Fsp3) is 0.667. The molecule has 0 bridgehead atoms. The molecule has 0 aliphatic rings. The highest BCUT2D eigenvalue weighted by Gasteiger charge is 1.93. The summed E-state index contributed by atoms with van der Waals surface area (Å²) in [5, 5.41) is 8.44. The predicted octanol–water partition coefficient (Wildman–Crippen LogP) is 1.56. The molecule has 1 rings (SSSR count). The molecule has 0 amide bonds. The van der Waals surface area contributed by atoms with Crippen molar-refractivity contribution in [3.63, 3.8) is 0 Å². The van der Waals surface area contributed by atoms with Crippen LogP contribution in [-0.2, 0) is 7.05 Å². The molecule has 1 aromatic heterocycles. The maximum atomic E-state index is 3.81. The number of rotatable bonds is 1. The van der Waals surface area contributed by atoms with Crippen molar-refractivity contribution in [1.29, 1.82) is 0 Å². The van der Waals surface area contributed by atoms with Crippen LogP contribution in [0.5, 0.6) is 0 Å². The van der Waals surface area contributed by atoms with Gasteiger partial charge in [-0.1, -0.05) is 25.6 Å². The lowest BCUT2D eigenvalue weighted by Crippen LogP contribution is -1.85. The Hall–Kier alpha value is -0.510. The van der Waals surface area contributed by atoms with Crippen LogP contribution < -0.4 is 0 Å². The molecule has 0 saturated carbocycles. The molecule has 1 aromatic rings. The maximum Gasteiger partial charge on any atom is 0.190 e. The van der Waals surface area contributed by atoms with Crippen LogP contribution in [0.2, 0.25) is 0 Å². The predicted molar refractivity (Wildman–Crippen MR) is 44.1 cm³/mol. The number of aromatic nitrogens is 3. The molecule has 0 atom stereocenters. The van der Waals surface area contributed by atoms with Gasteiger partial charge in [-0.05, 0) is 6.26 Å². The Balaban J connectivity index is 0.000000371. The number of nitrogens with zero attached hydrogens (tertiary/aromatic N) is 3. The van der Waals surface area contributed by atoms with E-state index in [1.807, 2.05) is 31.7 Å². The van der Waals surface area contributed by atoms with Gasteiger partial charge in [0.15, 0.2) is 5.16 Å². The first-order valence-electron chi connectivity index (χ1n) is 3.22. The molecule has 4 heteroatoms. The molecule has 1 heterocycles. The summed E-state index contributed by atoms with van der Waals surface area (Å²) in [4.78, 5) is 0. The van der Waals surface area contributed by atoms with Crippen molar-refractivity contribution in [1.82, 2.24) is 14.8 Å². The molecular weight excluding hydrogens is 146 g/mol. The molecular formula is C6H13N3S. The lowest BCUT2D eigenvalue weighted by Gasteiger charge is -1.89. The smallest absolute Gasteiger partial charge is 0.190 e. The van der Waals surface area contributed by atoms with Crippen molar-refractivity contribution >= 4 is 11.8 Å². The SMILES string of the molecule is CC.CSc1nncn1C. The first kappa shape index (κ1) is 9.49. The van der Waals surface area contributed by atoms with Gasteiger partial charge in [-0.15, -0.1) is 10.2 Å². The van der Waals surface area contributed by atoms with Gasteiger partial charge in [0.05, 0.1) is 0 Å². The summed E-state index contributed by atoms with van der Waals surface area (Å²) < 4.78 is 1.88. The molecule has 0 saturated heterocycles. The molecule has 10 heavy (non-hydrogen) atoms. The minimum Gasteiger partial charge on any atom is -0.312 e. The van der Waals surface area contributed by atoms with Crippen molar-refractivity contribution in [2.75, 3.05) is 6.26 Å². The van der Waals surface area contributed by atoms with Gasteiger partial charge in [-0.3, -0.25) is 0 Å². The van der Waals surface area contributed by atoms with E-state index in [0.717, 1.165) is 5.16 Å². The van der Waals surface area contributed by atoms with Crippen LogP contribution in [0.1, 0.15) is 13.8 Å². The highest BCUT2D eigenvalue weighted by molar-refractivity contribution is 7.98. The summed E-state index contributed by atoms with van der Waals surface area (Å²) in [5.41, 5.74) is 0. The first-order valence-corrected chi connectivity index (χ1v) is 4.45. The van der Waals surface area contributed by atoms with E-state index in [1.54, 1.807) is 18.1 Å². The zero-order valence-electron chi connectivity index (χ0n) is 6.83. The Morgan fingerprint density at radius 1 is 1.50 bits per heavy atom. The average molecular weight is 159 g/mol. The summed E-state index contributed by atoms with van der Waals surface area (Å²) in [6.45, 7) is 4.00. The van der Waals surface area contributed by atoms with Crippen molar-refractivity contribution in [2.24, 2.45) is 7.05 Å². The van der Waals surface area contributed by atoms with Crippen molar-refractivity contribution in [2.45, 2.75) is 19.0 Å². The maximum absolute atomic E-state index is 3.81. The zero-order chi connectivity index (χ0) is 7.98. The van der Waals surface area contributed by atoms with Crippen LogP contribution in [0.25, 0.3) is 0 Å². The molecule has 0 radical (unpaired) electrons. The lowest BCUT2D eigenvalue weighted by molar-refractivity contribution is 0.790. The third-order valence-electron chi connectivity index (χ3n) is 0.852. The van der Waals surface area contributed by atoms with Crippen LogP contribution in [-0.4, -0.2) is 21.0 Å². The van der Waals surface area contributed by atoms with E-state index in [-0.39, 0.29) is 0 Å². The highest BCUT2D eigenvalue weighted by atomic mass is 32.2. The van der Waals surface area contributed by atoms with E-state index >= 15 is 0 Å². The van der Waals surface area contributed by atoms with Gasteiger partial charge in [-0.2, -0.15) is 0 Å². The fourth-order valence-electron chi connectivity index (χ4n) is 0.457. The van der Waals surface area contributed by atoms with E-state index in [2.05, 4.69) is 10.2 Å². The molecule has 58 valence electrons. The number of aryl methyl sites for hydroxylation is 1. The number of hydrogen-bond acceptors (Lipinski definition) is 3. The second-order valence-corrected chi connectivity index (χ2v) is 2.20. The van der Waals surface area contributed by atoms with E-state index in [1.165, 1.54) is 0 Å². The molecule has 0 spiro atoms. The van der Waals surface area contributed by atoms with Crippen molar-refractivity contribution in [3.8, 4) is 0 Å². The molecule has 0 N–H and O–H groups in total. The van der Waals surface area contributed by atoms with E-state index in [4.69, 9.17) is 0 Å². The number of thioether (sulfide) groups is 1. The Bertz CT molecular complexity index is 173. The molecule has 0 aliphatic carbocycles. The fourth-order valence-corrected chi connectivity index (χ4v) is 0.921. The van der Waals surface area contributed by atoms with Crippen molar-refractivity contribution < 1.29 is 0 Å². The summed E-state index contributed by atoms with van der Waals surface area (Å²) in [6.07, 6.45) is 3.66. The van der Waals surface area contributed by atoms with Crippen LogP contribution in [0.3, 0.4) is 0 Å². The minimum absolute atomic E-state index is 0.949. The Morgan fingerprint density at radius 2 is 2.10 bits per heavy atom. The van der Waals surface area contributed by atoms with Gasteiger partial charge in [0.25, 0.3) is 0 Å². The van der Waals surface area contributed by atoms with Crippen LogP contribution in [0.15, 0.2) is 11.5 Å². The molecule has 0 aliphatic heterocycles. The zero-order valence-corrected chi connectivity index (χ0v) is 7.64. The van der Waals surface area contributed by atoms with E-state index in [9.17, 15) is 0 Å². The third kappa shape index (κ3) is 2.39. The Labute approximate surface area is 65.8 Å². The topological polar surface area (TPSA) is 30.7 Å². The van der Waals surface area contributed by atoms with Gasteiger partial charge in [0.1, 0.15) is 6.33 Å². The summed E-state index contributed by atoms with van der Waals surface area (Å²) in [7, 11) is 1.92. The van der Waals surface area contributed by atoms with E-state index in [0.29, 0.717) is 0 Å².